The van der Waals surface area contributed by atoms with E-state index in [2.05, 4.69) is 0 Å². The second kappa shape index (κ2) is 12.3. The summed E-state index contributed by atoms with van der Waals surface area (Å²) in [5, 5.41) is 16.0. The van der Waals surface area contributed by atoms with E-state index < -0.39 is 74.9 Å². The Labute approximate surface area is 169 Å². The largest absolute Gasteiger partial charge is 0.453 e. The van der Waals surface area contributed by atoms with Crippen molar-refractivity contribution in [3.05, 3.63) is 0 Å². The SMILES string of the molecule is CC(O)CO.O=S(=O)(O)CCC(F)(F)C(F)(F)F.O=S(=O)(O)CCC(F)(F)C(F)(F)F. The standard InChI is InChI=1S/2C4H5F5O3S.C3H8O2/c2*5-3(6,4(7,8)9)1-2-13(10,11)12;1-3(5)2-4/h2*1-2H2,(H,10,11,12);3-5H,2H2,1H3. The maximum absolute atomic E-state index is 12.0. The molecule has 0 rings (SSSR count). The third-order valence-electron chi connectivity index (χ3n) is 2.44. The highest BCUT2D eigenvalue weighted by molar-refractivity contribution is 7.86. The second-order valence-electron chi connectivity index (χ2n) is 5.51. The van der Waals surface area contributed by atoms with Crippen LogP contribution >= 0.6 is 0 Å². The van der Waals surface area contributed by atoms with Crippen LogP contribution in [-0.4, -0.2) is 84.6 Å². The molecule has 0 heterocycles. The lowest BCUT2D eigenvalue weighted by Gasteiger charge is -2.18. The van der Waals surface area contributed by atoms with Crippen molar-refractivity contribution in [2.45, 2.75) is 50.1 Å². The quantitative estimate of drug-likeness (QED) is 0.288. The van der Waals surface area contributed by atoms with E-state index in [1.165, 1.54) is 6.92 Å². The molecule has 0 radical (unpaired) electrons. The van der Waals surface area contributed by atoms with Crippen molar-refractivity contribution in [2.24, 2.45) is 0 Å². The third-order valence-corrected chi connectivity index (χ3v) is 3.88. The van der Waals surface area contributed by atoms with Gasteiger partial charge in [-0.2, -0.15) is 60.7 Å². The van der Waals surface area contributed by atoms with Crippen molar-refractivity contribution >= 4 is 20.2 Å². The minimum atomic E-state index is -5.79. The van der Waals surface area contributed by atoms with E-state index in [9.17, 15) is 60.7 Å². The predicted molar refractivity (Wildman–Crippen MR) is 82.8 cm³/mol. The Kier molecular flexibility index (Phi) is 13.8. The van der Waals surface area contributed by atoms with Gasteiger partial charge >= 0.3 is 24.2 Å². The van der Waals surface area contributed by atoms with Crippen molar-refractivity contribution in [3.8, 4) is 0 Å². The van der Waals surface area contributed by atoms with Gasteiger partial charge in [0.05, 0.1) is 24.2 Å². The normalized spacial score (nSPS) is 14.7. The smallest absolute Gasteiger partial charge is 0.394 e. The van der Waals surface area contributed by atoms with Crippen LogP contribution in [0.4, 0.5) is 43.9 Å². The van der Waals surface area contributed by atoms with Gasteiger partial charge in [-0.05, 0) is 6.92 Å². The molecule has 31 heavy (non-hydrogen) atoms. The van der Waals surface area contributed by atoms with Crippen LogP contribution in [0, 0.1) is 0 Å². The lowest BCUT2D eigenvalue weighted by atomic mass is 10.2. The molecule has 192 valence electrons. The number of aliphatic hydroxyl groups excluding tert-OH is 2. The fourth-order valence-corrected chi connectivity index (χ4v) is 1.83. The minimum Gasteiger partial charge on any atom is -0.394 e. The van der Waals surface area contributed by atoms with Crippen molar-refractivity contribution < 1.29 is 80.1 Å². The summed E-state index contributed by atoms with van der Waals surface area (Å²) in [6.07, 6.45) is -16.1. The Balaban J connectivity index is -0.000000416. The Morgan fingerprint density at radius 3 is 0.968 bits per heavy atom. The summed E-state index contributed by atoms with van der Waals surface area (Å²) in [7, 11) is -9.60. The van der Waals surface area contributed by atoms with Gasteiger partial charge in [0.25, 0.3) is 20.2 Å². The molecule has 0 aliphatic carbocycles. The molecular formula is C11H18F10O8S2. The van der Waals surface area contributed by atoms with Gasteiger partial charge < -0.3 is 10.2 Å². The van der Waals surface area contributed by atoms with E-state index in [-0.39, 0.29) is 6.61 Å². The Morgan fingerprint density at radius 1 is 0.677 bits per heavy atom. The summed E-state index contributed by atoms with van der Waals surface area (Å²) in [6.45, 7) is 1.39. The van der Waals surface area contributed by atoms with Crippen molar-refractivity contribution in [1.82, 2.24) is 0 Å². The van der Waals surface area contributed by atoms with Gasteiger partial charge in [-0.15, -0.1) is 0 Å². The highest BCUT2D eigenvalue weighted by Crippen LogP contribution is 2.38. The fraction of sp³-hybridized carbons (Fsp3) is 1.00. The molecule has 0 saturated heterocycles. The van der Waals surface area contributed by atoms with Crippen LogP contribution in [0.15, 0.2) is 0 Å². The summed E-state index contributed by atoms with van der Waals surface area (Å²) in [5.41, 5.74) is 0. The lowest BCUT2D eigenvalue weighted by Crippen LogP contribution is -2.37. The maximum Gasteiger partial charge on any atom is 0.453 e. The molecule has 0 aliphatic heterocycles. The summed E-state index contributed by atoms with van der Waals surface area (Å²) < 4.78 is 171. The molecule has 0 aromatic heterocycles. The van der Waals surface area contributed by atoms with Crippen LogP contribution in [0.1, 0.15) is 19.8 Å². The first-order chi connectivity index (χ1) is 13.2. The van der Waals surface area contributed by atoms with Crippen LogP contribution in [-0.2, 0) is 20.2 Å². The van der Waals surface area contributed by atoms with Crippen LogP contribution in [0.2, 0.25) is 0 Å². The average Bonchev–Trinajstić information content (AvgIpc) is 2.49. The van der Waals surface area contributed by atoms with Gasteiger partial charge in [-0.25, -0.2) is 0 Å². The highest BCUT2D eigenvalue weighted by atomic mass is 32.2. The summed E-state index contributed by atoms with van der Waals surface area (Å²) in [5.74, 6) is -13.4. The zero-order valence-electron chi connectivity index (χ0n) is 15.1. The second-order valence-corrected chi connectivity index (χ2v) is 8.65. The van der Waals surface area contributed by atoms with Crippen molar-refractivity contribution in [2.75, 3.05) is 18.1 Å². The number of halogens is 10. The monoisotopic (exact) mass is 532 g/mol. The lowest BCUT2D eigenvalue weighted by molar-refractivity contribution is -0.282. The van der Waals surface area contributed by atoms with E-state index in [1.807, 2.05) is 0 Å². The van der Waals surface area contributed by atoms with E-state index >= 15 is 0 Å². The van der Waals surface area contributed by atoms with Gasteiger partial charge in [0.2, 0.25) is 0 Å². The topological polar surface area (TPSA) is 149 Å². The Morgan fingerprint density at radius 2 is 0.871 bits per heavy atom. The molecule has 20 heteroatoms. The summed E-state index contributed by atoms with van der Waals surface area (Å²) >= 11 is 0. The maximum atomic E-state index is 12.0. The van der Waals surface area contributed by atoms with Gasteiger partial charge in [-0.1, -0.05) is 0 Å². The summed E-state index contributed by atoms with van der Waals surface area (Å²) in [6, 6.07) is 0. The van der Waals surface area contributed by atoms with Gasteiger partial charge in [0.15, 0.2) is 0 Å². The molecule has 0 amide bonds. The van der Waals surface area contributed by atoms with Crippen molar-refractivity contribution in [1.29, 1.82) is 0 Å². The predicted octanol–water partition coefficient (Wildman–Crippen LogP) is 2.28. The molecule has 0 fully saturated rings. The van der Waals surface area contributed by atoms with E-state index in [4.69, 9.17) is 19.3 Å². The molecular weight excluding hydrogens is 514 g/mol. The van der Waals surface area contributed by atoms with Crippen LogP contribution < -0.4 is 0 Å². The van der Waals surface area contributed by atoms with Crippen LogP contribution in [0.5, 0.6) is 0 Å². The van der Waals surface area contributed by atoms with Crippen LogP contribution in [0.3, 0.4) is 0 Å². The zero-order chi connectivity index (χ0) is 26.1. The first-order valence-corrected chi connectivity index (χ1v) is 10.5. The number of aliphatic hydroxyl groups is 2. The van der Waals surface area contributed by atoms with Gasteiger partial charge in [-0.3, -0.25) is 9.11 Å². The van der Waals surface area contributed by atoms with Gasteiger partial charge in [0.1, 0.15) is 0 Å². The molecule has 0 aliphatic rings. The first-order valence-electron chi connectivity index (χ1n) is 7.27. The number of alkyl halides is 10. The van der Waals surface area contributed by atoms with Gasteiger partial charge in [0, 0.05) is 12.8 Å². The van der Waals surface area contributed by atoms with E-state index in [0.717, 1.165) is 0 Å². The Hall–Kier alpha value is -0.960. The molecule has 0 saturated carbocycles. The number of rotatable bonds is 7. The molecule has 1 atom stereocenters. The first kappa shape index (κ1) is 34.6. The molecule has 0 aromatic rings. The molecule has 4 N–H and O–H groups in total. The third kappa shape index (κ3) is 19.5. The molecule has 0 aromatic carbocycles. The van der Waals surface area contributed by atoms with E-state index in [0.29, 0.717) is 0 Å². The van der Waals surface area contributed by atoms with E-state index in [1.54, 1.807) is 0 Å². The Bertz CT molecular complexity index is 656. The number of hydrogen-bond acceptors (Lipinski definition) is 6. The number of hydrogen-bond donors (Lipinski definition) is 4. The zero-order valence-corrected chi connectivity index (χ0v) is 16.8. The molecule has 0 bridgehead atoms. The van der Waals surface area contributed by atoms with Crippen LogP contribution in [0.25, 0.3) is 0 Å². The molecule has 0 spiro atoms. The average molecular weight is 532 g/mol. The van der Waals surface area contributed by atoms with Crippen molar-refractivity contribution in [3.63, 3.8) is 0 Å². The highest BCUT2D eigenvalue weighted by Gasteiger charge is 2.57. The minimum absolute atomic E-state index is 0.139. The molecule has 1 unspecified atom stereocenters. The fourth-order valence-electron chi connectivity index (χ4n) is 0.798. The summed E-state index contributed by atoms with van der Waals surface area (Å²) in [4.78, 5) is 0. The molecule has 8 nitrogen and oxygen atoms in total.